The van der Waals surface area contributed by atoms with Gasteiger partial charge in [-0.15, -0.1) is 0 Å². The molecular formula is C12H24N2O. The van der Waals surface area contributed by atoms with Crippen molar-refractivity contribution in [3.05, 3.63) is 0 Å². The topological polar surface area (TPSA) is 38.5 Å². The Morgan fingerprint density at radius 1 is 1.27 bits per heavy atom. The molecular weight excluding hydrogens is 188 g/mol. The highest BCUT2D eigenvalue weighted by Crippen LogP contribution is 2.26. The van der Waals surface area contributed by atoms with Crippen LogP contribution in [0.1, 0.15) is 32.1 Å². The van der Waals surface area contributed by atoms with Gasteiger partial charge in [-0.2, -0.15) is 0 Å². The van der Waals surface area contributed by atoms with E-state index >= 15 is 0 Å². The molecule has 3 heteroatoms. The van der Waals surface area contributed by atoms with Gasteiger partial charge in [0.15, 0.2) is 0 Å². The Morgan fingerprint density at radius 3 is 2.80 bits per heavy atom. The zero-order chi connectivity index (χ0) is 10.5. The third-order valence-corrected chi connectivity index (χ3v) is 3.70. The van der Waals surface area contributed by atoms with Gasteiger partial charge in [0.05, 0.1) is 12.7 Å². The van der Waals surface area contributed by atoms with Crippen molar-refractivity contribution in [3.63, 3.8) is 0 Å². The summed E-state index contributed by atoms with van der Waals surface area (Å²) < 4.78 is 5.69. The van der Waals surface area contributed by atoms with Gasteiger partial charge < -0.3 is 10.5 Å². The van der Waals surface area contributed by atoms with Crippen LogP contribution >= 0.6 is 0 Å². The van der Waals surface area contributed by atoms with E-state index in [9.17, 15) is 0 Å². The van der Waals surface area contributed by atoms with Gasteiger partial charge in [0.2, 0.25) is 0 Å². The fourth-order valence-electron chi connectivity index (χ4n) is 2.86. The average Bonchev–Trinajstić information content (AvgIpc) is 2.71. The van der Waals surface area contributed by atoms with Crippen LogP contribution in [0.4, 0.5) is 0 Å². The molecule has 0 aromatic heterocycles. The minimum atomic E-state index is 0.394. The maximum Gasteiger partial charge on any atom is 0.0714 e. The zero-order valence-corrected chi connectivity index (χ0v) is 9.66. The predicted molar refractivity (Wildman–Crippen MR) is 61.8 cm³/mol. The van der Waals surface area contributed by atoms with Crippen molar-refractivity contribution >= 4 is 0 Å². The van der Waals surface area contributed by atoms with Gasteiger partial charge in [0.25, 0.3) is 0 Å². The summed E-state index contributed by atoms with van der Waals surface area (Å²) in [6, 6.07) is 0. The Hall–Kier alpha value is -0.120. The zero-order valence-electron chi connectivity index (χ0n) is 9.66. The lowest BCUT2D eigenvalue weighted by atomic mass is 10.1. The van der Waals surface area contributed by atoms with Crippen LogP contribution in [0.15, 0.2) is 0 Å². The van der Waals surface area contributed by atoms with Crippen molar-refractivity contribution < 1.29 is 4.74 Å². The molecule has 1 aliphatic heterocycles. The molecule has 1 saturated heterocycles. The smallest absolute Gasteiger partial charge is 0.0714 e. The number of hydrogen-bond donors (Lipinski definition) is 1. The van der Waals surface area contributed by atoms with Crippen molar-refractivity contribution in [2.45, 2.75) is 38.2 Å². The van der Waals surface area contributed by atoms with E-state index in [-0.39, 0.29) is 0 Å². The van der Waals surface area contributed by atoms with Crippen LogP contribution in [0.25, 0.3) is 0 Å². The summed E-state index contributed by atoms with van der Waals surface area (Å²) in [6.45, 7) is 5.18. The van der Waals surface area contributed by atoms with Crippen LogP contribution in [0, 0.1) is 5.92 Å². The Bertz CT molecular complexity index is 178. The van der Waals surface area contributed by atoms with Gasteiger partial charge in [0, 0.05) is 19.6 Å². The molecule has 1 atom stereocenters. The molecule has 2 N–H and O–H groups in total. The highest BCUT2D eigenvalue weighted by atomic mass is 16.5. The number of nitrogens with two attached hydrogens (primary N) is 1. The number of nitrogens with zero attached hydrogens (tertiary/aromatic N) is 1. The van der Waals surface area contributed by atoms with Gasteiger partial charge in [-0.25, -0.2) is 0 Å². The second-order valence-electron chi connectivity index (χ2n) is 4.98. The summed E-state index contributed by atoms with van der Waals surface area (Å²) >= 11 is 0. The van der Waals surface area contributed by atoms with Crippen LogP contribution in [0.2, 0.25) is 0 Å². The molecule has 0 aromatic rings. The Labute approximate surface area is 93.0 Å². The van der Waals surface area contributed by atoms with Crippen LogP contribution in [0.3, 0.4) is 0 Å². The molecule has 2 rings (SSSR count). The lowest BCUT2D eigenvalue weighted by Crippen LogP contribution is -2.44. The lowest BCUT2D eigenvalue weighted by molar-refractivity contribution is -0.0348. The van der Waals surface area contributed by atoms with E-state index in [1.165, 1.54) is 32.2 Å². The quantitative estimate of drug-likeness (QED) is 0.761. The highest BCUT2D eigenvalue weighted by molar-refractivity contribution is 4.76. The second-order valence-corrected chi connectivity index (χ2v) is 4.98. The van der Waals surface area contributed by atoms with E-state index in [1.807, 2.05) is 0 Å². The minimum absolute atomic E-state index is 0.394. The van der Waals surface area contributed by atoms with Crippen molar-refractivity contribution in [2.24, 2.45) is 11.7 Å². The van der Waals surface area contributed by atoms with Crippen molar-refractivity contribution in [2.75, 3.05) is 32.8 Å². The van der Waals surface area contributed by atoms with Crippen LogP contribution in [-0.4, -0.2) is 43.8 Å². The summed E-state index contributed by atoms with van der Waals surface area (Å²) in [5.74, 6) is 0.960. The first kappa shape index (κ1) is 11.4. The van der Waals surface area contributed by atoms with Gasteiger partial charge >= 0.3 is 0 Å². The monoisotopic (exact) mass is 212 g/mol. The second kappa shape index (κ2) is 5.83. The molecule has 1 aliphatic carbocycles. The van der Waals surface area contributed by atoms with E-state index in [1.54, 1.807) is 0 Å². The highest BCUT2D eigenvalue weighted by Gasteiger charge is 2.23. The molecule has 2 fully saturated rings. The first-order chi connectivity index (χ1) is 7.38. The number of morpholine rings is 1. The predicted octanol–water partition coefficient (Wildman–Crippen LogP) is 1.23. The van der Waals surface area contributed by atoms with Gasteiger partial charge in [-0.1, -0.05) is 12.8 Å². The average molecular weight is 212 g/mol. The molecule has 1 heterocycles. The van der Waals surface area contributed by atoms with E-state index in [4.69, 9.17) is 10.5 Å². The summed E-state index contributed by atoms with van der Waals surface area (Å²) in [6.07, 6.45) is 7.19. The normalized spacial score (nSPS) is 29.8. The number of ether oxygens (including phenoxy) is 1. The lowest BCUT2D eigenvalue weighted by Gasteiger charge is -2.34. The fourth-order valence-corrected chi connectivity index (χ4v) is 2.86. The van der Waals surface area contributed by atoms with Crippen LogP contribution in [-0.2, 0) is 4.74 Å². The first-order valence-corrected chi connectivity index (χ1v) is 6.42. The SMILES string of the molecule is NCCC1CN(CC2CCCC2)CCO1. The van der Waals surface area contributed by atoms with Crippen molar-refractivity contribution in [3.8, 4) is 0 Å². The molecule has 0 spiro atoms. The molecule has 15 heavy (non-hydrogen) atoms. The summed E-state index contributed by atoms with van der Waals surface area (Å²) in [4.78, 5) is 2.58. The molecule has 2 aliphatic rings. The Kier molecular flexibility index (Phi) is 4.42. The third kappa shape index (κ3) is 3.44. The summed E-state index contributed by atoms with van der Waals surface area (Å²) in [7, 11) is 0. The van der Waals surface area contributed by atoms with Crippen LogP contribution < -0.4 is 5.73 Å². The Balaban J connectivity index is 1.71. The molecule has 0 aromatic carbocycles. The van der Waals surface area contributed by atoms with Gasteiger partial charge in [0.1, 0.15) is 0 Å². The maximum atomic E-state index is 5.69. The third-order valence-electron chi connectivity index (χ3n) is 3.70. The Morgan fingerprint density at radius 2 is 2.07 bits per heavy atom. The van der Waals surface area contributed by atoms with Crippen molar-refractivity contribution in [1.29, 1.82) is 0 Å². The van der Waals surface area contributed by atoms with Crippen LogP contribution in [0.5, 0.6) is 0 Å². The summed E-state index contributed by atoms with van der Waals surface area (Å²) in [5.41, 5.74) is 5.57. The van der Waals surface area contributed by atoms with E-state index in [0.717, 1.165) is 38.6 Å². The summed E-state index contributed by atoms with van der Waals surface area (Å²) in [5, 5.41) is 0. The fraction of sp³-hybridized carbons (Fsp3) is 1.00. The molecule has 1 saturated carbocycles. The minimum Gasteiger partial charge on any atom is -0.376 e. The van der Waals surface area contributed by atoms with E-state index < -0.39 is 0 Å². The van der Waals surface area contributed by atoms with E-state index in [0.29, 0.717) is 6.10 Å². The molecule has 88 valence electrons. The van der Waals surface area contributed by atoms with Gasteiger partial charge in [-0.3, -0.25) is 4.90 Å². The van der Waals surface area contributed by atoms with Gasteiger partial charge in [-0.05, 0) is 31.7 Å². The standard InChI is InChI=1S/C12H24N2O/c13-6-5-12-10-14(7-8-15-12)9-11-3-1-2-4-11/h11-12H,1-10,13H2. The van der Waals surface area contributed by atoms with Crippen molar-refractivity contribution in [1.82, 2.24) is 4.90 Å². The van der Waals surface area contributed by atoms with E-state index in [2.05, 4.69) is 4.90 Å². The molecule has 0 bridgehead atoms. The number of rotatable bonds is 4. The largest absolute Gasteiger partial charge is 0.376 e. The molecule has 0 radical (unpaired) electrons. The molecule has 0 amide bonds. The molecule has 1 unspecified atom stereocenters. The molecule has 3 nitrogen and oxygen atoms in total. The maximum absolute atomic E-state index is 5.69. The first-order valence-electron chi connectivity index (χ1n) is 6.42. The number of hydrogen-bond acceptors (Lipinski definition) is 3.